The van der Waals surface area contributed by atoms with Crippen molar-refractivity contribution in [3.63, 3.8) is 0 Å². The maximum Gasteiger partial charge on any atom is 0.0912 e. The van der Waals surface area contributed by atoms with E-state index in [4.69, 9.17) is 10.2 Å². The highest BCUT2D eigenvalue weighted by atomic mass is 16.3. The summed E-state index contributed by atoms with van der Waals surface area (Å²) in [4.78, 5) is 0. The van der Waals surface area contributed by atoms with Crippen molar-refractivity contribution < 1.29 is 10.2 Å². The average molecular weight is 115 g/mol. The first-order chi connectivity index (χ1) is 3.62. The molecule has 0 aromatic rings. The van der Waals surface area contributed by atoms with Gasteiger partial charge in [0.25, 0.3) is 0 Å². The molecule has 0 saturated carbocycles. The fourth-order valence-corrected chi connectivity index (χ4v) is 0.333. The highest BCUT2D eigenvalue weighted by Crippen LogP contribution is 2.05. The lowest BCUT2D eigenvalue weighted by atomic mass is 10.1. The summed E-state index contributed by atoms with van der Waals surface area (Å²) in [6.45, 7) is 6.37. The monoisotopic (exact) mass is 115 g/mol. The predicted octanol–water partition coefficient (Wildman–Crippen LogP) is 0.120. The Bertz CT molecular complexity index is 76.6. The van der Waals surface area contributed by atoms with E-state index in [0.717, 1.165) is 0 Å². The maximum atomic E-state index is 8.89. The van der Waals surface area contributed by atoms with Gasteiger partial charge in [0.15, 0.2) is 0 Å². The van der Waals surface area contributed by atoms with E-state index < -0.39 is 5.60 Å². The van der Waals surface area contributed by atoms with Crippen LogP contribution in [0.15, 0.2) is 12.7 Å². The summed E-state index contributed by atoms with van der Waals surface area (Å²) >= 11 is 0. The van der Waals surface area contributed by atoms with Crippen LogP contribution in [0.1, 0.15) is 6.42 Å². The standard InChI is InChI=1S/C6H11O2/c1-3-4-6(2,8)5-7/h3,7-8H,1-2,4-5H2. The molecule has 8 heavy (non-hydrogen) atoms. The molecule has 0 fully saturated rings. The Morgan fingerprint density at radius 2 is 2.12 bits per heavy atom. The van der Waals surface area contributed by atoms with Gasteiger partial charge in [0.2, 0.25) is 0 Å². The van der Waals surface area contributed by atoms with Crippen LogP contribution in [0.25, 0.3) is 0 Å². The highest BCUT2D eigenvalue weighted by molar-refractivity contribution is 4.87. The van der Waals surface area contributed by atoms with Crippen molar-refractivity contribution in [1.29, 1.82) is 0 Å². The molecular weight excluding hydrogens is 104 g/mol. The number of aliphatic hydroxyl groups excluding tert-OH is 1. The first-order valence-corrected chi connectivity index (χ1v) is 2.42. The smallest absolute Gasteiger partial charge is 0.0912 e. The van der Waals surface area contributed by atoms with E-state index in [9.17, 15) is 0 Å². The van der Waals surface area contributed by atoms with Crippen LogP contribution in [0.3, 0.4) is 0 Å². The van der Waals surface area contributed by atoms with Crippen molar-refractivity contribution in [2.45, 2.75) is 12.0 Å². The SMILES string of the molecule is [CH2]C(O)(CO)CC=C. The van der Waals surface area contributed by atoms with Crippen molar-refractivity contribution in [2.75, 3.05) is 6.61 Å². The van der Waals surface area contributed by atoms with E-state index in [1.165, 1.54) is 6.08 Å². The molecule has 2 nitrogen and oxygen atoms in total. The van der Waals surface area contributed by atoms with E-state index >= 15 is 0 Å². The number of rotatable bonds is 3. The zero-order chi connectivity index (χ0) is 6.62. The third kappa shape index (κ3) is 2.77. The maximum absolute atomic E-state index is 8.89. The third-order valence-corrected chi connectivity index (χ3v) is 0.819. The Kier molecular flexibility index (Phi) is 2.72. The van der Waals surface area contributed by atoms with Gasteiger partial charge in [-0.1, -0.05) is 6.08 Å². The lowest BCUT2D eigenvalue weighted by Gasteiger charge is -2.16. The summed E-state index contributed by atoms with van der Waals surface area (Å²) in [5, 5.41) is 17.3. The first-order valence-electron chi connectivity index (χ1n) is 2.42. The Labute approximate surface area is 49.5 Å². The van der Waals surface area contributed by atoms with Crippen LogP contribution in [0, 0.1) is 6.92 Å². The van der Waals surface area contributed by atoms with Crippen molar-refractivity contribution in [3.05, 3.63) is 19.6 Å². The van der Waals surface area contributed by atoms with E-state index in [2.05, 4.69) is 13.5 Å². The molecule has 0 aromatic carbocycles. The Morgan fingerprint density at radius 1 is 1.62 bits per heavy atom. The molecule has 0 aliphatic heterocycles. The number of hydrogen-bond acceptors (Lipinski definition) is 2. The molecule has 0 aliphatic carbocycles. The molecule has 47 valence electrons. The molecule has 0 aromatic heterocycles. The second-order valence-corrected chi connectivity index (χ2v) is 1.88. The molecular formula is C6H11O2. The third-order valence-electron chi connectivity index (χ3n) is 0.819. The minimum atomic E-state index is -1.22. The zero-order valence-electron chi connectivity index (χ0n) is 4.80. The number of aliphatic hydroxyl groups is 2. The highest BCUT2D eigenvalue weighted by Gasteiger charge is 2.15. The lowest BCUT2D eigenvalue weighted by molar-refractivity contribution is 0.0275. The molecule has 0 heterocycles. The molecule has 0 rings (SSSR count). The van der Waals surface area contributed by atoms with Crippen molar-refractivity contribution in [1.82, 2.24) is 0 Å². The van der Waals surface area contributed by atoms with Crippen molar-refractivity contribution in [3.8, 4) is 0 Å². The summed E-state index contributed by atoms with van der Waals surface area (Å²) in [5.74, 6) is 0. The fourth-order valence-electron chi connectivity index (χ4n) is 0.333. The fraction of sp³-hybridized carbons (Fsp3) is 0.500. The van der Waals surface area contributed by atoms with E-state index in [1.54, 1.807) is 0 Å². The van der Waals surface area contributed by atoms with Crippen LogP contribution >= 0.6 is 0 Å². The zero-order valence-corrected chi connectivity index (χ0v) is 4.80. The van der Waals surface area contributed by atoms with Crippen molar-refractivity contribution >= 4 is 0 Å². The summed E-state index contributed by atoms with van der Waals surface area (Å²) in [6.07, 6.45) is 1.84. The second-order valence-electron chi connectivity index (χ2n) is 1.88. The molecule has 0 amide bonds. The molecule has 2 heteroatoms. The minimum absolute atomic E-state index is 0.320. The van der Waals surface area contributed by atoms with Crippen LogP contribution < -0.4 is 0 Å². The summed E-state index contributed by atoms with van der Waals surface area (Å²) in [5.41, 5.74) is -1.22. The van der Waals surface area contributed by atoms with Gasteiger partial charge in [0.05, 0.1) is 12.2 Å². The Hall–Kier alpha value is -0.340. The van der Waals surface area contributed by atoms with Crippen LogP contribution in [0.2, 0.25) is 0 Å². The predicted molar refractivity (Wildman–Crippen MR) is 32.2 cm³/mol. The van der Waals surface area contributed by atoms with Gasteiger partial charge >= 0.3 is 0 Å². The lowest BCUT2D eigenvalue weighted by Crippen LogP contribution is -2.28. The summed E-state index contributed by atoms with van der Waals surface area (Å²) < 4.78 is 0. The van der Waals surface area contributed by atoms with Crippen LogP contribution in [0.5, 0.6) is 0 Å². The second kappa shape index (κ2) is 2.84. The Balaban J connectivity index is 3.53. The number of hydrogen-bond donors (Lipinski definition) is 2. The van der Waals surface area contributed by atoms with E-state index in [1.807, 2.05) is 0 Å². The summed E-state index contributed by atoms with van der Waals surface area (Å²) in [7, 11) is 0. The van der Waals surface area contributed by atoms with E-state index in [0.29, 0.717) is 6.42 Å². The minimum Gasteiger partial charge on any atom is -0.393 e. The molecule has 1 atom stereocenters. The van der Waals surface area contributed by atoms with Crippen LogP contribution in [-0.2, 0) is 0 Å². The largest absolute Gasteiger partial charge is 0.393 e. The van der Waals surface area contributed by atoms with Gasteiger partial charge < -0.3 is 10.2 Å². The van der Waals surface area contributed by atoms with Gasteiger partial charge in [-0.15, -0.1) is 6.58 Å². The molecule has 2 N–H and O–H groups in total. The van der Waals surface area contributed by atoms with E-state index in [-0.39, 0.29) is 6.61 Å². The van der Waals surface area contributed by atoms with Gasteiger partial charge in [0.1, 0.15) is 0 Å². The quantitative estimate of drug-likeness (QED) is 0.513. The van der Waals surface area contributed by atoms with Crippen molar-refractivity contribution in [2.24, 2.45) is 0 Å². The molecule has 0 spiro atoms. The topological polar surface area (TPSA) is 40.5 Å². The first kappa shape index (κ1) is 7.66. The molecule has 0 bridgehead atoms. The molecule has 1 radical (unpaired) electrons. The summed E-state index contributed by atoms with van der Waals surface area (Å²) in [6, 6.07) is 0. The van der Waals surface area contributed by atoms with Gasteiger partial charge in [-0.3, -0.25) is 0 Å². The van der Waals surface area contributed by atoms with Crippen LogP contribution in [0.4, 0.5) is 0 Å². The average Bonchev–Trinajstić information content (AvgIpc) is 1.67. The van der Waals surface area contributed by atoms with Crippen LogP contribution in [-0.4, -0.2) is 22.4 Å². The van der Waals surface area contributed by atoms with Gasteiger partial charge in [-0.05, 0) is 13.3 Å². The van der Waals surface area contributed by atoms with Gasteiger partial charge in [0, 0.05) is 0 Å². The molecule has 0 aliphatic rings. The molecule has 1 unspecified atom stereocenters. The normalized spacial score (nSPS) is 17.4. The Morgan fingerprint density at radius 3 is 2.25 bits per heavy atom. The van der Waals surface area contributed by atoms with Gasteiger partial charge in [-0.25, -0.2) is 0 Å². The molecule has 0 saturated heterocycles. The van der Waals surface area contributed by atoms with Gasteiger partial charge in [-0.2, -0.15) is 0 Å².